The van der Waals surface area contributed by atoms with Crippen molar-refractivity contribution in [2.24, 2.45) is 5.41 Å². The van der Waals surface area contributed by atoms with Gasteiger partial charge in [0.15, 0.2) is 0 Å². The van der Waals surface area contributed by atoms with Gasteiger partial charge in [0.25, 0.3) is 0 Å². The molecule has 0 aromatic heterocycles. The number of hydrogen-bond donors (Lipinski definition) is 3. The zero-order valence-electron chi connectivity index (χ0n) is 8.51. The maximum Gasteiger partial charge on any atom is 0.407 e. The van der Waals surface area contributed by atoms with Crippen molar-refractivity contribution in [1.82, 2.24) is 4.90 Å². The summed E-state index contributed by atoms with van der Waals surface area (Å²) in [6.07, 6.45) is -1.78. The largest absolute Gasteiger partial charge is 0.481 e. The molecule has 1 fully saturated rings. The summed E-state index contributed by atoms with van der Waals surface area (Å²) >= 11 is 0. The third-order valence-electron chi connectivity index (χ3n) is 3.07. The summed E-state index contributed by atoms with van der Waals surface area (Å²) in [6, 6.07) is 0. The van der Waals surface area contributed by atoms with Crippen LogP contribution in [-0.4, -0.2) is 51.5 Å². The van der Waals surface area contributed by atoms with Gasteiger partial charge in [-0.25, -0.2) is 4.79 Å². The third kappa shape index (κ3) is 2.20. The highest BCUT2D eigenvalue weighted by atomic mass is 16.4. The molecule has 2 atom stereocenters. The van der Waals surface area contributed by atoms with Crippen LogP contribution in [0, 0.1) is 5.41 Å². The summed E-state index contributed by atoms with van der Waals surface area (Å²) in [5.74, 6) is -1.08. The van der Waals surface area contributed by atoms with E-state index in [2.05, 4.69) is 0 Å². The summed E-state index contributed by atoms with van der Waals surface area (Å²) < 4.78 is 0. The monoisotopic (exact) mass is 217 g/mol. The summed E-state index contributed by atoms with van der Waals surface area (Å²) in [6.45, 7) is 1.78. The molecule has 1 saturated heterocycles. The van der Waals surface area contributed by atoms with Crippen molar-refractivity contribution in [2.45, 2.75) is 25.9 Å². The molecule has 1 rings (SSSR count). The molecule has 86 valence electrons. The number of nitrogens with zero attached hydrogens (tertiary/aromatic N) is 1. The number of aliphatic carboxylic acids is 1. The molecule has 1 aliphatic heterocycles. The highest BCUT2D eigenvalue weighted by molar-refractivity contribution is 5.75. The molecule has 1 amide bonds. The molecule has 0 aromatic carbocycles. The molecule has 0 bridgehead atoms. The fourth-order valence-corrected chi connectivity index (χ4v) is 1.68. The molecule has 0 radical (unpaired) electrons. The van der Waals surface area contributed by atoms with E-state index in [4.69, 9.17) is 10.2 Å². The number of amides is 1. The van der Waals surface area contributed by atoms with E-state index >= 15 is 0 Å². The molecule has 0 aromatic rings. The lowest BCUT2D eigenvalue weighted by molar-refractivity contribution is -0.155. The van der Waals surface area contributed by atoms with Gasteiger partial charge in [-0.05, 0) is 19.8 Å². The Labute approximate surface area is 87.1 Å². The molecule has 0 saturated carbocycles. The van der Waals surface area contributed by atoms with Crippen molar-refractivity contribution in [3.05, 3.63) is 0 Å². The Balaban J connectivity index is 2.80. The SMILES string of the molecule is CC1(C(=O)O)CCN(C(=O)O)CCC1O. The molecule has 1 aliphatic rings. The summed E-state index contributed by atoms with van der Waals surface area (Å²) in [7, 11) is 0. The smallest absolute Gasteiger partial charge is 0.407 e. The van der Waals surface area contributed by atoms with Crippen LogP contribution in [-0.2, 0) is 4.79 Å². The molecule has 3 N–H and O–H groups in total. The van der Waals surface area contributed by atoms with Crippen LogP contribution < -0.4 is 0 Å². The Hall–Kier alpha value is -1.30. The lowest BCUT2D eigenvalue weighted by Crippen LogP contribution is -2.39. The van der Waals surface area contributed by atoms with Crippen molar-refractivity contribution in [1.29, 1.82) is 0 Å². The minimum atomic E-state index is -1.25. The van der Waals surface area contributed by atoms with Gasteiger partial charge < -0.3 is 20.2 Å². The van der Waals surface area contributed by atoms with Crippen molar-refractivity contribution in [2.75, 3.05) is 13.1 Å². The van der Waals surface area contributed by atoms with Crippen LogP contribution in [0.4, 0.5) is 4.79 Å². The first-order valence-corrected chi connectivity index (χ1v) is 4.77. The Morgan fingerprint density at radius 3 is 2.40 bits per heavy atom. The van der Waals surface area contributed by atoms with Gasteiger partial charge in [-0.1, -0.05) is 0 Å². The highest BCUT2D eigenvalue weighted by Crippen LogP contribution is 2.31. The third-order valence-corrected chi connectivity index (χ3v) is 3.07. The molecule has 6 nitrogen and oxygen atoms in total. The van der Waals surface area contributed by atoms with Gasteiger partial charge in [-0.2, -0.15) is 0 Å². The number of aliphatic hydroxyl groups is 1. The molecule has 0 aliphatic carbocycles. The van der Waals surface area contributed by atoms with Gasteiger partial charge in [-0.15, -0.1) is 0 Å². The van der Waals surface area contributed by atoms with E-state index in [0.29, 0.717) is 0 Å². The van der Waals surface area contributed by atoms with Crippen LogP contribution >= 0.6 is 0 Å². The van der Waals surface area contributed by atoms with Crippen molar-refractivity contribution >= 4 is 12.1 Å². The molecule has 15 heavy (non-hydrogen) atoms. The summed E-state index contributed by atoms with van der Waals surface area (Å²) in [5, 5.41) is 27.4. The average Bonchev–Trinajstić information content (AvgIpc) is 2.29. The van der Waals surface area contributed by atoms with E-state index < -0.39 is 23.6 Å². The van der Waals surface area contributed by atoms with Gasteiger partial charge >= 0.3 is 12.1 Å². The molecular weight excluding hydrogens is 202 g/mol. The first-order valence-electron chi connectivity index (χ1n) is 4.77. The Bertz CT molecular complexity index is 280. The van der Waals surface area contributed by atoms with Crippen LogP contribution in [0.25, 0.3) is 0 Å². The van der Waals surface area contributed by atoms with Crippen molar-refractivity contribution < 1.29 is 24.9 Å². The van der Waals surface area contributed by atoms with E-state index in [-0.39, 0.29) is 25.9 Å². The number of carboxylic acid groups (broad SMARTS) is 2. The first-order chi connectivity index (χ1) is 6.88. The number of carbonyl (C=O) groups is 2. The first kappa shape index (κ1) is 11.8. The second kappa shape index (κ2) is 4.06. The molecule has 1 heterocycles. The topological polar surface area (TPSA) is 98.1 Å². The highest BCUT2D eigenvalue weighted by Gasteiger charge is 2.43. The lowest BCUT2D eigenvalue weighted by atomic mass is 9.80. The van der Waals surface area contributed by atoms with Gasteiger partial charge in [0.05, 0.1) is 11.5 Å². The van der Waals surface area contributed by atoms with E-state index in [0.717, 1.165) is 4.90 Å². The predicted octanol–water partition coefficient (Wildman–Crippen LogP) is 0.212. The number of rotatable bonds is 1. The van der Waals surface area contributed by atoms with Crippen LogP contribution in [0.3, 0.4) is 0 Å². The average molecular weight is 217 g/mol. The zero-order chi connectivity index (χ0) is 11.6. The molecule has 0 spiro atoms. The van der Waals surface area contributed by atoms with Crippen LogP contribution in [0.2, 0.25) is 0 Å². The maximum atomic E-state index is 11.0. The van der Waals surface area contributed by atoms with E-state index in [9.17, 15) is 14.7 Å². The number of likely N-dealkylation sites (tertiary alicyclic amines) is 1. The second-order valence-electron chi connectivity index (χ2n) is 4.05. The van der Waals surface area contributed by atoms with E-state index in [1.54, 1.807) is 0 Å². The minimum Gasteiger partial charge on any atom is -0.481 e. The normalized spacial score (nSPS) is 32.1. The fraction of sp³-hybridized carbons (Fsp3) is 0.778. The number of carboxylic acids is 1. The number of hydrogen-bond acceptors (Lipinski definition) is 3. The minimum absolute atomic E-state index is 0.135. The van der Waals surface area contributed by atoms with Gasteiger partial charge in [-0.3, -0.25) is 4.79 Å². The lowest BCUT2D eigenvalue weighted by Gasteiger charge is -2.27. The summed E-state index contributed by atoms with van der Waals surface area (Å²) in [5.41, 5.74) is -1.25. The van der Waals surface area contributed by atoms with Gasteiger partial charge in [0.1, 0.15) is 0 Å². The Kier molecular flexibility index (Phi) is 3.18. The summed E-state index contributed by atoms with van der Waals surface area (Å²) in [4.78, 5) is 22.8. The van der Waals surface area contributed by atoms with E-state index in [1.165, 1.54) is 6.92 Å². The molecule has 6 heteroatoms. The van der Waals surface area contributed by atoms with Crippen LogP contribution in [0.15, 0.2) is 0 Å². The molecular formula is C9H15NO5. The van der Waals surface area contributed by atoms with Gasteiger partial charge in [0.2, 0.25) is 0 Å². The molecule has 2 unspecified atom stereocenters. The van der Waals surface area contributed by atoms with Crippen molar-refractivity contribution in [3.63, 3.8) is 0 Å². The number of aliphatic hydroxyl groups excluding tert-OH is 1. The van der Waals surface area contributed by atoms with Crippen LogP contribution in [0.1, 0.15) is 19.8 Å². The standard InChI is InChI=1S/C9H15NO5/c1-9(7(12)13)3-5-10(8(14)15)4-2-6(9)11/h6,11H,2-5H2,1H3,(H,12,13)(H,14,15). The van der Waals surface area contributed by atoms with Crippen molar-refractivity contribution in [3.8, 4) is 0 Å². The van der Waals surface area contributed by atoms with E-state index in [1.807, 2.05) is 0 Å². The fourth-order valence-electron chi connectivity index (χ4n) is 1.68. The van der Waals surface area contributed by atoms with Gasteiger partial charge in [0, 0.05) is 13.1 Å². The predicted molar refractivity (Wildman–Crippen MR) is 50.6 cm³/mol. The Morgan fingerprint density at radius 1 is 1.33 bits per heavy atom. The second-order valence-corrected chi connectivity index (χ2v) is 4.05. The maximum absolute atomic E-state index is 11.0. The van der Waals surface area contributed by atoms with Crippen LogP contribution in [0.5, 0.6) is 0 Å². The quantitative estimate of drug-likeness (QED) is 0.583. The Morgan fingerprint density at radius 2 is 1.93 bits per heavy atom. The zero-order valence-corrected chi connectivity index (χ0v) is 8.51.